The zero-order valence-corrected chi connectivity index (χ0v) is 6.18. The molecule has 3 nitrogen and oxygen atoms in total. The molecule has 1 aliphatic heterocycles. The van der Waals surface area contributed by atoms with Gasteiger partial charge in [-0.3, -0.25) is 4.90 Å². The van der Waals surface area contributed by atoms with Gasteiger partial charge in [-0.1, -0.05) is 0 Å². The van der Waals surface area contributed by atoms with Crippen LogP contribution in [0.2, 0.25) is 0 Å². The van der Waals surface area contributed by atoms with Crippen molar-refractivity contribution in [1.29, 1.82) is 0 Å². The van der Waals surface area contributed by atoms with Gasteiger partial charge >= 0.3 is 0 Å². The lowest BCUT2D eigenvalue weighted by Gasteiger charge is -2.35. The van der Waals surface area contributed by atoms with Gasteiger partial charge in [0.1, 0.15) is 13.5 Å². The van der Waals surface area contributed by atoms with E-state index in [2.05, 4.69) is 0 Å². The highest BCUT2D eigenvalue weighted by Crippen LogP contribution is 2.15. The molecule has 0 aromatic heterocycles. The summed E-state index contributed by atoms with van der Waals surface area (Å²) in [7, 11) is 1.95. The molecule has 0 aromatic carbocycles. The molecule has 9 heavy (non-hydrogen) atoms. The quantitative estimate of drug-likeness (QED) is 0.481. The highest BCUT2D eigenvalue weighted by atomic mass is 16.7. The van der Waals surface area contributed by atoms with Crippen LogP contribution in [0.3, 0.4) is 0 Å². The average Bonchev–Trinajstić information content (AvgIpc) is 1.78. The lowest BCUT2D eigenvalue weighted by atomic mass is 10.4. The summed E-state index contributed by atoms with van der Waals surface area (Å²) in [5.74, 6) is -0.382. The van der Waals surface area contributed by atoms with Crippen LogP contribution >= 0.6 is 0 Å². The first-order valence-corrected chi connectivity index (χ1v) is 3.07. The van der Waals surface area contributed by atoms with Gasteiger partial charge in [0.15, 0.2) is 5.79 Å². The largest absolute Gasteiger partial charge is 0.335 e. The monoisotopic (exact) mass is 131 g/mol. The fourth-order valence-corrected chi connectivity index (χ4v) is 0.610. The first kappa shape index (κ1) is 6.99. The van der Waals surface area contributed by atoms with Crippen molar-refractivity contribution in [2.24, 2.45) is 0 Å². The summed E-state index contributed by atoms with van der Waals surface area (Å²) in [6.45, 7) is 5.15. The Labute approximate surface area is 55.5 Å². The fraction of sp³-hybridized carbons (Fsp3) is 1.00. The molecule has 1 rings (SSSR count). The maximum atomic E-state index is 5.28. The van der Waals surface area contributed by atoms with E-state index in [9.17, 15) is 0 Å². The molecule has 54 valence electrons. The minimum Gasteiger partial charge on any atom is -0.335 e. The molecular formula is C6H13NO2. The van der Waals surface area contributed by atoms with Crippen LogP contribution < -0.4 is 0 Å². The van der Waals surface area contributed by atoms with Crippen molar-refractivity contribution in [3.63, 3.8) is 0 Å². The Morgan fingerprint density at radius 2 is 1.67 bits per heavy atom. The van der Waals surface area contributed by atoms with E-state index >= 15 is 0 Å². The van der Waals surface area contributed by atoms with Gasteiger partial charge in [0.05, 0.1) is 0 Å². The predicted octanol–water partition coefficient (Wildman–Crippen LogP) is 0.616. The Bertz CT molecular complexity index is 93.2. The van der Waals surface area contributed by atoms with Crippen molar-refractivity contribution < 1.29 is 9.47 Å². The molecule has 0 spiro atoms. The minimum atomic E-state index is -0.382. The molecule has 0 atom stereocenters. The van der Waals surface area contributed by atoms with Crippen LogP contribution in [0.1, 0.15) is 13.8 Å². The zero-order valence-electron chi connectivity index (χ0n) is 6.18. The van der Waals surface area contributed by atoms with Gasteiger partial charge in [0, 0.05) is 0 Å². The maximum Gasteiger partial charge on any atom is 0.166 e. The van der Waals surface area contributed by atoms with Gasteiger partial charge in [0.2, 0.25) is 0 Å². The summed E-state index contributed by atoms with van der Waals surface area (Å²) >= 11 is 0. The lowest BCUT2D eigenvalue weighted by molar-refractivity contribution is -0.294. The van der Waals surface area contributed by atoms with Crippen LogP contribution in [0.25, 0.3) is 0 Å². The van der Waals surface area contributed by atoms with Crippen LogP contribution in [0, 0.1) is 0 Å². The van der Waals surface area contributed by atoms with Crippen molar-refractivity contribution in [3.05, 3.63) is 0 Å². The van der Waals surface area contributed by atoms with Gasteiger partial charge in [-0.25, -0.2) is 0 Å². The van der Waals surface area contributed by atoms with Gasteiger partial charge in [-0.2, -0.15) is 0 Å². The molecule has 0 aromatic rings. The SMILES string of the molecule is CN1COC(C)(C)OC1. The van der Waals surface area contributed by atoms with E-state index in [-0.39, 0.29) is 5.79 Å². The van der Waals surface area contributed by atoms with E-state index in [1.807, 2.05) is 25.8 Å². The van der Waals surface area contributed by atoms with E-state index in [4.69, 9.17) is 9.47 Å². The smallest absolute Gasteiger partial charge is 0.166 e. The average molecular weight is 131 g/mol. The van der Waals surface area contributed by atoms with Gasteiger partial charge in [0.25, 0.3) is 0 Å². The molecule has 0 saturated carbocycles. The van der Waals surface area contributed by atoms with Crippen molar-refractivity contribution in [2.45, 2.75) is 19.6 Å². The van der Waals surface area contributed by atoms with Crippen LogP contribution in [-0.2, 0) is 9.47 Å². The molecule has 0 aliphatic carbocycles. The molecular weight excluding hydrogens is 118 g/mol. The summed E-state index contributed by atoms with van der Waals surface area (Å²) < 4.78 is 10.6. The summed E-state index contributed by atoms with van der Waals surface area (Å²) in [4.78, 5) is 1.96. The number of ether oxygens (including phenoxy) is 2. The summed E-state index contributed by atoms with van der Waals surface area (Å²) in [6.07, 6.45) is 0. The number of nitrogens with zero attached hydrogens (tertiary/aromatic N) is 1. The van der Waals surface area contributed by atoms with Crippen LogP contribution in [0.15, 0.2) is 0 Å². The van der Waals surface area contributed by atoms with Gasteiger partial charge in [-0.15, -0.1) is 0 Å². The Morgan fingerprint density at radius 3 is 2.00 bits per heavy atom. The number of rotatable bonds is 0. The van der Waals surface area contributed by atoms with Crippen molar-refractivity contribution >= 4 is 0 Å². The molecule has 0 radical (unpaired) electrons. The molecule has 1 fully saturated rings. The molecule has 3 heteroatoms. The molecule has 0 N–H and O–H groups in total. The van der Waals surface area contributed by atoms with Crippen molar-refractivity contribution in [3.8, 4) is 0 Å². The summed E-state index contributed by atoms with van der Waals surface area (Å²) in [5.41, 5.74) is 0. The highest BCUT2D eigenvalue weighted by molar-refractivity contribution is 4.56. The molecule has 0 unspecified atom stereocenters. The van der Waals surface area contributed by atoms with E-state index in [1.54, 1.807) is 0 Å². The van der Waals surface area contributed by atoms with Crippen molar-refractivity contribution in [2.75, 3.05) is 20.5 Å². The predicted molar refractivity (Wildman–Crippen MR) is 33.7 cm³/mol. The summed E-state index contributed by atoms with van der Waals surface area (Å²) in [6, 6.07) is 0. The minimum absolute atomic E-state index is 0.382. The van der Waals surface area contributed by atoms with Crippen LogP contribution in [0.5, 0.6) is 0 Å². The zero-order chi connectivity index (χ0) is 6.91. The van der Waals surface area contributed by atoms with Gasteiger partial charge in [-0.05, 0) is 20.9 Å². The second-order valence-corrected chi connectivity index (χ2v) is 2.80. The second kappa shape index (κ2) is 2.25. The highest BCUT2D eigenvalue weighted by Gasteiger charge is 2.24. The molecule has 0 amide bonds. The van der Waals surface area contributed by atoms with Crippen LogP contribution in [-0.4, -0.2) is 31.2 Å². The Morgan fingerprint density at radius 1 is 1.22 bits per heavy atom. The lowest BCUT2D eigenvalue weighted by Crippen LogP contribution is -2.43. The van der Waals surface area contributed by atoms with E-state index < -0.39 is 0 Å². The maximum absolute atomic E-state index is 5.28. The second-order valence-electron chi connectivity index (χ2n) is 2.80. The Hall–Kier alpha value is -0.120. The molecule has 1 aliphatic rings. The Balaban J connectivity index is 2.35. The fourth-order valence-electron chi connectivity index (χ4n) is 0.610. The first-order valence-electron chi connectivity index (χ1n) is 3.07. The topological polar surface area (TPSA) is 21.7 Å². The van der Waals surface area contributed by atoms with Crippen LogP contribution in [0.4, 0.5) is 0 Å². The third-order valence-electron chi connectivity index (χ3n) is 1.27. The summed E-state index contributed by atoms with van der Waals surface area (Å²) in [5, 5.41) is 0. The third-order valence-corrected chi connectivity index (χ3v) is 1.27. The normalized spacial score (nSPS) is 28.3. The molecule has 1 saturated heterocycles. The van der Waals surface area contributed by atoms with E-state index in [0.29, 0.717) is 13.5 Å². The first-order chi connectivity index (χ1) is 4.10. The van der Waals surface area contributed by atoms with E-state index in [0.717, 1.165) is 0 Å². The standard InChI is InChI=1S/C6H13NO2/c1-6(2)8-4-7(3)5-9-6/h4-5H2,1-3H3. The molecule has 1 heterocycles. The van der Waals surface area contributed by atoms with E-state index in [1.165, 1.54) is 0 Å². The molecule has 0 bridgehead atoms. The van der Waals surface area contributed by atoms with Gasteiger partial charge < -0.3 is 9.47 Å². The van der Waals surface area contributed by atoms with Crippen molar-refractivity contribution in [1.82, 2.24) is 4.90 Å². The number of hydrogen-bond acceptors (Lipinski definition) is 3. The number of hydrogen-bond donors (Lipinski definition) is 0. The third kappa shape index (κ3) is 1.93. The Kier molecular flexibility index (Phi) is 1.75.